The summed E-state index contributed by atoms with van der Waals surface area (Å²) in [5.74, 6) is 0.567. The quantitative estimate of drug-likeness (QED) is 0.822. The van der Waals surface area contributed by atoms with Crippen LogP contribution in [0, 0.1) is 13.8 Å². The lowest BCUT2D eigenvalue weighted by Gasteiger charge is -2.07. The molecule has 0 spiro atoms. The average Bonchev–Trinajstić information content (AvgIpc) is 2.68. The van der Waals surface area contributed by atoms with Gasteiger partial charge in [-0.2, -0.15) is 5.10 Å². The van der Waals surface area contributed by atoms with E-state index >= 15 is 0 Å². The van der Waals surface area contributed by atoms with Crippen molar-refractivity contribution in [2.75, 3.05) is 11.9 Å². The van der Waals surface area contributed by atoms with Crippen LogP contribution >= 0.6 is 15.9 Å². The van der Waals surface area contributed by atoms with Gasteiger partial charge < -0.3 is 10.3 Å². The fourth-order valence-corrected chi connectivity index (χ4v) is 2.20. The van der Waals surface area contributed by atoms with Crippen molar-refractivity contribution in [1.82, 2.24) is 19.7 Å². The first kappa shape index (κ1) is 13.8. The molecule has 0 radical (unpaired) electrons. The zero-order valence-corrected chi connectivity index (χ0v) is 12.5. The van der Waals surface area contributed by atoms with Gasteiger partial charge >= 0.3 is 0 Å². The Balaban J connectivity index is 1.86. The monoisotopic (exact) mass is 325 g/mol. The fraction of sp³-hybridized carbons (Fsp3) is 0.417. The third-order valence-electron chi connectivity index (χ3n) is 2.74. The van der Waals surface area contributed by atoms with Crippen LogP contribution in [0.4, 0.5) is 5.82 Å². The van der Waals surface area contributed by atoms with Gasteiger partial charge in [-0.25, -0.2) is 4.98 Å². The first-order valence-electron chi connectivity index (χ1n) is 6.06. The molecule has 0 fully saturated rings. The molecule has 2 N–H and O–H groups in total. The molecular weight excluding hydrogens is 310 g/mol. The second kappa shape index (κ2) is 6.01. The summed E-state index contributed by atoms with van der Waals surface area (Å²) in [5.41, 5.74) is 2.01. The zero-order valence-electron chi connectivity index (χ0n) is 10.9. The third kappa shape index (κ3) is 3.44. The van der Waals surface area contributed by atoms with Crippen molar-refractivity contribution < 1.29 is 0 Å². The van der Waals surface area contributed by atoms with Gasteiger partial charge in [0.1, 0.15) is 10.3 Å². The lowest BCUT2D eigenvalue weighted by atomic mass is 10.4. The number of aromatic amines is 1. The summed E-state index contributed by atoms with van der Waals surface area (Å²) in [6, 6.07) is 2.06. The predicted octanol–water partition coefficient (Wildman–Crippen LogP) is 1.85. The van der Waals surface area contributed by atoms with E-state index in [1.165, 1.54) is 6.33 Å². The Bertz CT molecular complexity index is 619. The van der Waals surface area contributed by atoms with E-state index < -0.39 is 0 Å². The van der Waals surface area contributed by atoms with E-state index in [2.05, 4.69) is 42.4 Å². The van der Waals surface area contributed by atoms with Crippen LogP contribution in [0.1, 0.15) is 17.8 Å². The van der Waals surface area contributed by atoms with Crippen molar-refractivity contribution in [1.29, 1.82) is 0 Å². The number of hydrogen-bond acceptors (Lipinski definition) is 4. The van der Waals surface area contributed by atoms with Crippen molar-refractivity contribution in [3.8, 4) is 0 Å². The molecule has 0 aliphatic carbocycles. The van der Waals surface area contributed by atoms with E-state index in [1.807, 2.05) is 18.5 Å². The Kier molecular flexibility index (Phi) is 4.36. The molecule has 0 aliphatic rings. The van der Waals surface area contributed by atoms with Crippen LogP contribution in [0.2, 0.25) is 0 Å². The maximum Gasteiger partial charge on any atom is 0.267 e. The van der Waals surface area contributed by atoms with E-state index in [0.29, 0.717) is 10.3 Å². The Morgan fingerprint density at radius 2 is 2.26 bits per heavy atom. The number of hydrogen-bond donors (Lipinski definition) is 2. The number of nitrogens with one attached hydrogen (secondary N) is 2. The summed E-state index contributed by atoms with van der Waals surface area (Å²) in [5, 5.41) is 7.53. The third-order valence-corrected chi connectivity index (χ3v) is 3.47. The van der Waals surface area contributed by atoms with Crippen molar-refractivity contribution in [2.45, 2.75) is 26.8 Å². The molecule has 0 saturated carbocycles. The Hall–Kier alpha value is -1.63. The lowest BCUT2D eigenvalue weighted by Crippen LogP contribution is -2.14. The summed E-state index contributed by atoms with van der Waals surface area (Å²) in [4.78, 5) is 17.9. The highest BCUT2D eigenvalue weighted by Gasteiger charge is 2.04. The molecule has 102 valence electrons. The van der Waals surface area contributed by atoms with Crippen LogP contribution in [0.15, 0.2) is 21.7 Å². The number of halogens is 1. The van der Waals surface area contributed by atoms with Crippen LogP contribution in [0.5, 0.6) is 0 Å². The molecule has 7 heteroatoms. The molecule has 0 aromatic carbocycles. The highest BCUT2D eigenvalue weighted by molar-refractivity contribution is 9.10. The number of aryl methyl sites for hydroxylation is 3. The van der Waals surface area contributed by atoms with Crippen LogP contribution < -0.4 is 10.9 Å². The molecule has 0 unspecified atom stereocenters. The standard InChI is InChI=1S/C12H16BrN5O/c1-8-6-9(2)18(17-8)5-3-4-14-11-10(13)12(19)16-7-15-11/h6-7H,3-5H2,1-2H3,(H2,14,15,16,19). The summed E-state index contributed by atoms with van der Waals surface area (Å²) >= 11 is 3.21. The highest BCUT2D eigenvalue weighted by atomic mass is 79.9. The molecule has 0 aliphatic heterocycles. The second-order valence-electron chi connectivity index (χ2n) is 4.32. The topological polar surface area (TPSA) is 75.6 Å². The second-order valence-corrected chi connectivity index (χ2v) is 5.12. The van der Waals surface area contributed by atoms with Crippen LogP contribution in [0.25, 0.3) is 0 Å². The number of H-pyrrole nitrogens is 1. The lowest BCUT2D eigenvalue weighted by molar-refractivity contribution is 0.573. The van der Waals surface area contributed by atoms with Crippen molar-refractivity contribution in [3.05, 3.63) is 38.6 Å². The molecule has 2 aromatic heterocycles. The van der Waals surface area contributed by atoms with E-state index in [0.717, 1.165) is 30.9 Å². The van der Waals surface area contributed by atoms with Gasteiger partial charge in [0.15, 0.2) is 0 Å². The molecule has 0 amide bonds. The number of anilines is 1. The minimum absolute atomic E-state index is 0.184. The summed E-state index contributed by atoms with van der Waals surface area (Å²) in [6.45, 7) is 5.60. The van der Waals surface area contributed by atoms with E-state index in [4.69, 9.17) is 0 Å². The summed E-state index contributed by atoms with van der Waals surface area (Å²) < 4.78 is 2.42. The molecule has 2 heterocycles. The highest BCUT2D eigenvalue weighted by Crippen LogP contribution is 2.12. The largest absolute Gasteiger partial charge is 0.369 e. The maximum atomic E-state index is 11.3. The number of aromatic nitrogens is 4. The van der Waals surface area contributed by atoms with Gasteiger partial charge in [-0.05, 0) is 42.3 Å². The first-order valence-corrected chi connectivity index (χ1v) is 6.85. The molecule has 0 atom stereocenters. The van der Waals surface area contributed by atoms with Gasteiger partial charge in [0.05, 0.1) is 12.0 Å². The van der Waals surface area contributed by atoms with E-state index in [1.54, 1.807) is 0 Å². The van der Waals surface area contributed by atoms with Gasteiger partial charge in [0.25, 0.3) is 5.56 Å². The number of rotatable bonds is 5. The van der Waals surface area contributed by atoms with Crippen LogP contribution in [0.3, 0.4) is 0 Å². The van der Waals surface area contributed by atoms with Crippen LogP contribution in [-0.2, 0) is 6.54 Å². The van der Waals surface area contributed by atoms with Gasteiger partial charge in [-0.15, -0.1) is 0 Å². The molecule has 2 rings (SSSR count). The van der Waals surface area contributed by atoms with Crippen molar-refractivity contribution in [2.24, 2.45) is 0 Å². The fourth-order valence-electron chi connectivity index (χ4n) is 1.84. The molecule has 19 heavy (non-hydrogen) atoms. The minimum Gasteiger partial charge on any atom is -0.369 e. The SMILES string of the molecule is Cc1cc(C)n(CCCNc2nc[nH]c(=O)c2Br)n1. The smallest absolute Gasteiger partial charge is 0.267 e. The molecule has 6 nitrogen and oxygen atoms in total. The van der Waals surface area contributed by atoms with Gasteiger partial charge in [0.2, 0.25) is 0 Å². The zero-order chi connectivity index (χ0) is 13.8. The molecule has 0 bridgehead atoms. The van der Waals surface area contributed by atoms with Crippen LogP contribution in [-0.4, -0.2) is 26.3 Å². The van der Waals surface area contributed by atoms with E-state index in [9.17, 15) is 4.79 Å². The molecule has 2 aromatic rings. The van der Waals surface area contributed by atoms with Gasteiger partial charge in [-0.3, -0.25) is 9.48 Å². The van der Waals surface area contributed by atoms with Crippen molar-refractivity contribution in [3.63, 3.8) is 0 Å². The van der Waals surface area contributed by atoms with E-state index in [-0.39, 0.29) is 5.56 Å². The average molecular weight is 326 g/mol. The summed E-state index contributed by atoms with van der Waals surface area (Å²) in [7, 11) is 0. The predicted molar refractivity (Wildman–Crippen MR) is 77.4 cm³/mol. The Labute approximate surface area is 119 Å². The Morgan fingerprint density at radius 3 is 2.95 bits per heavy atom. The Morgan fingerprint density at radius 1 is 1.47 bits per heavy atom. The first-order chi connectivity index (χ1) is 9.08. The van der Waals surface area contributed by atoms with Gasteiger partial charge in [-0.1, -0.05) is 0 Å². The minimum atomic E-state index is -0.184. The molecule has 0 saturated heterocycles. The maximum absolute atomic E-state index is 11.3. The molecular formula is C12H16BrN5O. The van der Waals surface area contributed by atoms with Crippen molar-refractivity contribution >= 4 is 21.7 Å². The number of nitrogens with zero attached hydrogens (tertiary/aromatic N) is 3. The summed E-state index contributed by atoms with van der Waals surface area (Å²) in [6.07, 6.45) is 2.29. The van der Waals surface area contributed by atoms with Gasteiger partial charge in [0, 0.05) is 18.8 Å². The normalized spacial score (nSPS) is 10.7.